The maximum absolute atomic E-state index is 12.9. The summed E-state index contributed by atoms with van der Waals surface area (Å²) in [6, 6.07) is 0. The summed E-state index contributed by atoms with van der Waals surface area (Å²) in [5.74, 6) is 0.0249. The van der Waals surface area contributed by atoms with Crippen molar-refractivity contribution < 1.29 is 28.6 Å². The highest BCUT2D eigenvalue weighted by Gasteiger charge is 2.19. The molecule has 0 aromatic heterocycles. The van der Waals surface area contributed by atoms with E-state index in [0.29, 0.717) is 19.3 Å². The van der Waals surface area contributed by atoms with Crippen LogP contribution in [-0.4, -0.2) is 37.2 Å². The molecular formula is C64H124O6. The van der Waals surface area contributed by atoms with E-state index in [1.807, 2.05) is 0 Å². The molecule has 0 amide bonds. The third-order valence-electron chi connectivity index (χ3n) is 14.8. The first-order chi connectivity index (χ1) is 34.4. The zero-order chi connectivity index (χ0) is 50.9. The summed E-state index contributed by atoms with van der Waals surface area (Å²) < 4.78 is 17.0. The first-order valence-electron chi connectivity index (χ1n) is 31.9. The Kier molecular flexibility index (Phi) is 57.0. The van der Waals surface area contributed by atoms with Crippen molar-refractivity contribution in [3.8, 4) is 0 Å². The number of ether oxygens (including phenoxy) is 3. The minimum Gasteiger partial charge on any atom is -0.462 e. The van der Waals surface area contributed by atoms with Crippen LogP contribution in [0.5, 0.6) is 0 Å². The van der Waals surface area contributed by atoms with Crippen molar-refractivity contribution in [2.75, 3.05) is 13.2 Å². The molecule has 0 aliphatic heterocycles. The van der Waals surface area contributed by atoms with Crippen LogP contribution in [0.4, 0.5) is 0 Å². The fraction of sp³-hybridized carbons (Fsp3) is 0.953. The first kappa shape index (κ1) is 68.4. The molecule has 6 heteroatoms. The Morgan fingerprint density at radius 3 is 0.700 bits per heavy atom. The van der Waals surface area contributed by atoms with Crippen LogP contribution in [0.3, 0.4) is 0 Å². The van der Waals surface area contributed by atoms with Gasteiger partial charge in [-0.2, -0.15) is 0 Å². The Morgan fingerprint density at radius 2 is 0.471 bits per heavy atom. The second kappa shape index (κ2) is 58.3. The molecule has 1 atom stereocenters. The Bertz CT molecular complexity index is 1060. The number of unbranched alkanes of at least 4 members (excludes halogenated alkanes) is 46. The summed E-state index contributed by atoms with van der Waals surface area (Å²) in [6.45, 7) is 9.10. The molecule has 0 radical (unpaired) electrons. The Labute approximate surface area is 438 Å². The van der Waals surface area contributed by atoms with Crippen LogP contribution in [0, 0.1) is 5.92 Å². The lowest BCUT2D eigenvalue weighted by molar-refractivity contribution is -0.167. The van der Waals surface area contributed by atoms with E-state index >= 15 is 0 Å². The highest BCUT2D eigenvalue weighted by Crippen LogP contribution is 2.19. The zero-order valence-corrected chi connectivity index (χ0v) is 48.0. The Morgan fingerprint density at radius 1 is 0.271 bits per heavy atom. The van der Waals surface area contributed by atoms with Crippen LogP contribution < -0.4 is 0 Å². The smallest absolute Gasteiger partial charge is 0.306 e. The third kappa shape index (κ3) is 57.3. The Hall–Kier alpha value is -1.59. The molecule has 0 bridgehead atoms. The number of carbonyl (C=O) groups is 3. The maximum atomic E-state index is 12.9. The molecular weight excluding hydrogens is 865 g/mol. The Balaban J connectivity index is 4.28. The van der Waals surface area contributed by atoms with Crippen LogP contribution in [0.2, 0.25) is 0 Å². The molecule has 0 aromatic rings. The second-order valence-electron chi connectivity index (χ2n) is 22.5. The third-order valence-corrected chi connectivity index (χ3v) is 14.8. The van der Waals surface area contributed by atoms with Gasteiger partial charge in [-0.05, 0) is 25.2 Å². The lowest BCUT2D eigenvalue weighted by Gasteiger charge is -2.18. The first-order valence-corrected chi connectivity index (χ1v) is 31.9. The molecule has 0 saturated heterocycles. The average Bonchev–Trinajstić information content (AvgIpc) is 3.35. The molecule has 0 heterocycles. The molecule has 0 spiro atoms. The predicted molar refractivity (Wildman–Crippen MR) is 303 cm³/mol. The molecule has 0 aliphatic carbocycles. The number of hydrogen-bond donors (Lipinski definition) is 0. The standard InChI is InChI=1S/C64H124O6/c1-5-7-9-11-13-15-17-19-21-23-28-32-36-40-44-48-52-56-63(66)69-59-61(58-68-62(65)55-51-47-43-39-35-31-27-22-20-18-16-14-12-10-8-6-2)70-64(67)57-53-49-45-41-37-33-29-25-24-26-30-34-38-42-46-50-54-60(3)4/h60-61H,5-59H2,1-4H3/t61-/m0/s1. The van der Waals surface area contributed by atoms with Crippen molar-refractivity contribution in [3.05, 3.63) is 0 Å². The predicted octanol–water partition coefficient (Wildman–Crippen LogP) is 21.4. The fourth-order valence-corrected chi connectivity index (χ4v) is 9.99. The number of esters is 3. The van der Waals surface area contributed by atoms with Gasteiger partial charge in [0.25, 0.3) is 0 Å². The van der Waals surface area contributed by atoms with Gasteiger partial charge in [0.1, 0.15) is 13.2 Å². The summed E-state index contributed by atoms with van der Waals surface area (Å²) in [7, 11) is 0. The molecule has 0 saturated carbocycles. The van der Waals surface area contributed by atoms with Gasteiger partial charge in [0.2, 0.25) is 0 Å². The molecule has 0 aliphatic rings. The summed E-state index contributed by atoms with van der Waals surface area (Å²) in [5.41, 5.74) is 0. The van der Waals surface area contributed by atoms with E-state index in [4.69, 9.17) is 14.2 Å². The van der Waals surface area contributed by atoms with Gasteiger partial charge in [-0.15, -0.1) is 0 Å². The van der Waals surface area contributed by atoms with Gasteiger partial charge in [0.15, 0.2) is 6.10 Å². The number of rotatable bonds is 59. The van der Waals surface area contributed by atoms with Crippen molar-refractivity contribution in [1.82, 2.24) is 0 Å². The van der Waals surface area contributed by atoms with Crippen molar-refractivity contribution in [3.63, 3.8) is 0 Å². The van der Waals surface area contributed by atoms with Crippen LogP contribution >= 0.6 is 0 Å². The molecule has 0 unspecified atom stereocenters. The largest absolute Gasteiger partial charge is 0.462 e. The van der Waals surface area contributed by atoms with E-state index in [2.05, 4.69) is 27.7 Å². The van der Waals surface area contributed by atoms with Crippen LogP contribution in [0.15, 0.2) is 0 Å². The number of hydrogen-bond acceptors (Lipinski definition) is 6. The van der Waals surface area contributed by atoms with E-state index in [9.17, 15) is 14.4 Å². The van der Waals surface area contributed by atoms with E-state index < -0.39 is 6.10 Å². The van der Waals surface area contributed by atoms with Gasteiger partial charge in [0.05, 0.1) is 0 Å². The van der Waals surface area contributed by atoms with E-state index in [1.54, 1.807) is 0 Å². The minimum absolute atomic E-state index is 0.0611. The van der Waals surface area contributed by atoms with E-state index in [-0.39, 0.29) is 31.1 Å². The van der Waals surface area contributed by atoms with E-state index in [0.717, 1.165) is 63.7 Å². The van der Waals surface area contributed by atoms with Gasteiger partial charge in [-0.25, -0.2) is 0 Å². The summed E-state index contributed by atoms with van der Waals surface area (Å²) in [6.07, 6.45) is 65.3. The monoisotopic (exact) mass is 989 g/mol. The molecule has 0 aromatic carbocycles. The molecule has 0 rings (SSSR count). The van der Waals surface area contributed by atoms with Crippen molar-refractivity contribution >= 4 is 17.9 Å². The topological polar surface area (TPSA) is 78.9 Å². The summed E-state index contributed by atoms with van der Waals surface area (Å²) in [5, 5.41) is 0. The van der Waals surface area contributed by atoms with Crippen molar-refractivity contribution in [1.29, 1.82) is 0 Å². The van der Waals surface area contributed by atoms with Gasteiger partial charge in [-0.1, -0.05) is 329 Å². The molecule has 70 heavy (non-hydrogen) atoms. The lowest BCUT2D eigenvalue weighted by Crippen LogP contribution is -2.30. The van der Waals surface area contributed by atoms with Gasteiger partial charge < -0.3 is 14.2 Å². The maximum Gasteiger partial charge on any atom is 0.306 e. The van der Waals surface area contributed by atoms with E-state index in [1.165, 1.54) is 263 Å². The van der Waals surface area contributed by atoms with Crippen LogP contribution in [0.1, 0.15) is 368 Å². The minimum atomic E-state index is -0.763. The summed E-state index contributed by atoms with van der Waals surface area (Å²) in [4.78, 5) is 38.3. The average molecular weight is 990 g/mol. The van der Waals surface area contributed by atoms with Gasteiger partial charge in [0, 0.05) is 19.3 Å². The molecule has 0 N–H and O–H groups in total. The lowest BCUT2D eigenvalue weighted by atomic mass is 10.0. The van der Waals surface area contributed by atoms with Crippen LogP contribution in [0.25, 0.3) is 0 Å². The second-order valence-corrected chi connectivity index (χ2v) is 22.5. The van der Waals surface area contributed by atoms with Crippen LogP contribution in [-0.2, 0) is 28.6 Å². The highest BCUT2D eigenvalue weighted by atomic mass is 16.6. The normalized spacial score (nSPS) is 12.0. The zero-order valence-electron chi connectivity index (χ0n) is 48.0. The number of carbonyl (C=O) groups excluding carboxylic acids is 3. The van der Waals surface area contributed by atoms with Gasteiger partial charge in [-0.3, -0.25) is 14.4 Å². The molecule has 6 nitrogen and oxygen atoms in total. The SMILES string of the molecule is CCCCCCCCCCCCCCCCCCCC(=O)OC[C@H](COC(=O)CCCCCCCCCCCCCCCCCC)OC(=O)CCCCCCCCCCCCCCCCCCC(C)C. The van der Waals surface area contributed by atoms with Gasteiger partial charge >= 0.3 is 17.9 Å². The summed E-state index contributed by atoms with van der Waals surface area (Å²) >= 11 is 0. The fourth-order valence-electron chi connectivity index (χ4n) is 9.99. The van der Waals surface area contributed by atoms with Crippen molar-refractivity contribution in [2.24, 2.45) is 5.92 Å². The molecule has 0 fully saturated rings. The van der Waals surface area contributed by atoms with Crippen molar-refractivity contribution in [2.45, 2.75) is 374 Å². The quantitative estimate of drug-likeness (QED) is 0.0343. The molecule has 416 valence electrons. The highest BCUT2D eigenvalue weighted by molar-refractivity contribution is 5.71.